The molecule has 1 amide bonds. The van der Waals surface area contributed by atoms with E-state index in [-0.39, 0.29) is 41.9 Å². The summed E-state index contributed by atoms with van der Waals surface area (Å²) in [4.78, 5) is 17.6. The number of nitrogens with zero attached hydrogens (tertiary/aromatic N) is 2. The fourth-order valence-corrected chi connectivity index (χ4v) is 6.85. The summed E-state index contributed by atoms with van der Waals surface area (Å²) in [6.45, 7) is 5.41. The smallest absolute Gasteiger partial charge is 0.261 e. The molecule has 0 saturated carbocycles. The normalized spacial score (nSPS) is 17.6. The molecule has 3 atom stereocenters. The number of carbonyl (C=O) groups is 1. The Balaban J connectivity index is 1.37. The van der Waals surface area contributed by atoms with Crippen molar-refractivity contribution in [2.24, 2.45) is 5.92 Å². The van der Waals surface area contributed by atoms with E-state index in [1.807, 2.05) is 32.2 Å². The number of amides is 1. The second kappa shape index (κ2) is 15.0. The highest BCUT2D eigenvalue weighted by Crippen LogP contribution is 2.30. The molecule has 1 aliphatic rings. The van der Waals surface area contributed by atoms with E-state index in [1.165, 1.54) is 30.4 Å². The Kier molecular flexibility index (Phi) is 10.9. The standard InChI is InChI=1S/C37H43N3O6S/c1-26-22-40(27(2)25-41)37(42)21-31-20-32(38-47(43,44)34-17-15-33(45-4)16-18-34)14-19-35(31)46-36(26)24-39(3)23-28-10-12-30(13-11-28)29-8-6-5-7-9-29/h5-20,26-27,36,38,41H,21-25H2,1-4H3/t26-,27+,36+/m0/s1. The quantitative estimate of drug-likeness (QED) is 0.221. The van der Waals surface area contributed by atoms with E-state index in [0.29, 0.717) is 42.4 Å². The van der Waals surface area contributed by atoms with E-state index in [1.54, 1.807) is 35.2 Å². The third kappa shape index (κ3) is 8.51. The van der Waals surface area contributed by atoms with Crippen LogP contribution in [0.2, 0.25) is 0 Å². The Morgan fingerprint density at radius 1 is 1.00 bits per heavy atom. The number of nitrogens with one attached hydrogen (secondary N) is 1. The largest absolute Gasteiger partial charge is 0.497 e. The summed E-state index contributed by atoms with van der Waals surface area (Å²) in [6, 6.07) is 29.6. The maximum atomic E-state index is 13.6. The van der Waals surface area contributed by atoms with Gasteiger partial charge in [-0.2, -0.15) is 0 Å². The van der Waals surface area contributed by atoms with Crippen LogP contribution in [0.15, 0.2) is 102 Å². The topological polar surface area (TPSA) is 108 Å². The van der Waals surface area contributed by atoms with Gasteiger partial charge in [-0.15, -0.1) is 0 Å². The van der Waals surface area contributed by atoms with Gasteiger partial charge in [-0.25, -0.2) is 8.42 Å². The number of methoxy groups -OCH3 is 1. The first-order valence-corrected chi connectivity index (χ1v) is 17.2. The van der Waals surface area contributed by atoms with Crippen LogP contribution < -0.4 is 14.2 Å². The number of aliphatic hydroxyl groups is 1. The lowest BCUT2D eigenvalue weighted by Crippen LogP contribution is -2.47. The lowest BCUT2D eigenvalue weighted by Gasteiger charge is -2.34. The average Bonchev–Trinajstić information content (AvgIpc) is 3.12. The molecule has 0 saturated heterocycles. The van der Waals surface area contributed by atoms with Crippen LogP contribution in [0.1, 0.15) is 25.0 Å². The van der Waals surface area contributed by atoms with E-state index < -0.39 is 10.0 Å². The van der Waals surface area contributed by atoms with Gasteiger partial charge >= 0.3 is 0 Å². The molecule has 4 aromatic rings. The molecule has 0 fully saturated rings. The van der Waals surface area contributed by atoms with E-state index in [2.05, 4.69) is 52.9 Å². The number of benzene rings is 4. The molecular weight excluding hydrogens is 614 g/mol. The van der Waals surface area contributed by atoms with Crippen LogP contribution in [-0.4, -0.2) is 75.2 Å². The fourth-order valence-electron chi connectivity index (χ4n) is 5.80. The number of likely N-dealkylation sites (N-methyl/N-ethyl adjacent to an activating group) is 1. The molecule has 9 nitrogen and oxygen atoms in total. The lowest BCUT2D eigenvalue weighted by molar-refractivity contribution is -0.134. The highest BCUT2D eigenvalue weighted by molar-refractivity contribution is 7.92. The summed E-state index contributed by atoms with van der Waals surface area (Å²) in [5.41, 5.74) is 4.39. The number of fused-ring (bicyclic) bond motifs is 1. The number of anilines is 1. The van der Waals surface area contributed by atoms with Gasteiger partial charge in [0.2, 0.25) is 5.91 Å². The first-order valence-electron chi connectivity index (χ1n) is 15.8. The zero-order chi connectivity index (χ0) is 33.6. The third-order valence-electron chi connectivity index (χ3n) is 8.54. The monoisotopic (exact) mass is 657 g/mol. The molecule has 248 valence electrons. The van der Waals surface area contributed by atoms with Crippen molar-refractivity contribution in [1.29, 1.82) is 0 Å². The molecule has 4 aromatic carbocycles. The van der Waals surface area contributed by atoms with Crippen LogP contribution in [-0.2, 0) is 27.8 Å². The minimum absolute atomic E-state index is 0.000813. The van der Waals surface area contributed by atoms with Crippen LogP contribution >= 0.6 is 0 Å². The van der Waals surface area contributed by atoms with Crippen molar-refractivity contribution < 1.29 is 27.8 Å². The fraction of sp³-hybridized carbons (Fsp3) is 0.324. The summed E-state index contributed by atoms with van der Waals surface area (Å²) in [5.74, 6) is 0.858. The number of rotatable bonds is 11. The van der Waals surface area contributed by atoms with Gasteiger partial charge in [0.1, 0.15) is 17.6 Å². The summed E-state index contributed by atoms with van der Waals surface area (Å²) in [5, 5.41) is 9.98. The lowest BCUT2D eigenvalue weighted by atomic mass is 10.0. The van der Waals surface area contributed by atoms with Gasteiger partial charge in [0, 0.05) is 36.8 Å². The molecular formula is C37H43N3O6S. The van der Waals surface area contributed by atoms with Crippen LogP contribution in [0.5, 0.6) is 11.5 Å². The van der Waals surface area contributed by atoms with Crippen molar-refractivity contribution in [2.75, 3.05) is 38.6 Å². The van der Waals surface area contributed by atoms with Gasteiger partial charge in [0.15, 0.2) is 0 Å². The van der Waals surface area contributed by atoms with Gasteiger partial charge < -0.3 is 19.5 Å². The summed E-state index contributed by atoms with van der Waals surface area (Å²) in [7, 11) is -0.333. The first kappa shape index (κ1) is 34.0. The number of carbonyl (C=O) groups excluding carboxylic acids is 1. The molecule has 0 bridgehead atoms. The highest BCUT2D eigenvalue weighted by Gasteiger charge is 2.31. The van der Waals surface area contributed by atoms with Gasteiger partial charge in [-0.1, -0.05) is 61.5 Å². The molecule has 47 heavy (non-hydrogen) atoms. The molecule has 2 N–H and O–H groups in total. The molecule has 0 aliphatic carbocycles. The maximum absolute atomic E-state index is 13.6. The van der Waals surface area contributed by atoms with Crippen LogP contribution in [0, 0.1) is 5.92 Å². The average molecular weight is 658 g/mol. The van der Waals surface area contributed by atoms with E-state index in [4.69, 9.17) is 9.47 Å². The Bertz CT molecular complexity index is 1750. The van der Waals surface area contributed by atoms with Crippen molar-refractivity contribution in [3.05, 3.63) is 108 Å². The number of ether oxygens (including phenoxy) is 2. The number of hydrogen-bond acceptors (Lipinski definition) is 7. The highest BCUT2D eigenvalue weighted by atomic mass is 32.2. The second-order valence-corrected chi connectivity index (χ2v) is 13.9. The Morgan fingerprint density at radius 2 is 1.68 bits per heavy atom. The van der Waals surface area contributed by atoms with Crippen LogP contribution in [0.25, 0.3) is 11.1 Å². The summed E-state index contributed by atoms with van der Waals surface area (Å²) >= 11 is 0. The van der Waals surface area contributed by atoms with Crippen LogP contribution in [0.3, 0.4) is 0 Å². The van der Waals surface area contributed by atoms with E-state index >= 15 is 0 Å². The third-order valence-corrected chi connectivity index (χ3v) is 9.94. The zero-order valence-electron chi connectivity index (χ0n) is 27.3. The van der Waals surface area contributed by atoms with Crippen molar-refractivity contribution in [1.82, 2.24) is 9.80 Å². The predicted octanol–water partition coefficient (Wildman–Crippen LogP) is 5.44. The summed E-state index contributed by atoms with van der Waals surface area (Å²) in [6.07, 6.45) is -0.288. The molecule has 0 spiro atoms. The molecule has 0 unspecified atom stereocenters. The first-order chi connectivity index (χ1) is 22.6. The Hall–Kier alpha value is -4.38. The predicted molar refractivity (Wildman–Crippen MR) is 184 cm³/mol. The van der Waals surface area contributed by atoms with Gasteiger partial charge in [-0.3, -0.25) is 14.4 Å². The van der Waals surface area contributed by atoms with Crippen molar-refractivity contribution in [3.63, 3.8) is 0 Å². The molecule has 0 aromatic heterocycles. The van der Waals surface area contributed by atoms with Crippen molar-refractivity contribution in [2.45, 2.75) is 43.9 Å². The number of sulfonamides is 1. The SMILES string of the molecule is COc1ccc(S(=O)(=O)Nc2ccc3c(c2)CC(=O)N([C@H](C)CO)C[C@H](C)[C@@H](CN(C)Cc2ccc(-c4ccccc4)cc2)O3)cc1. The van der Waals surface area contributed by atoms with Gasteiger partial charge in [0.05, 0.1) is 31.1 Å². The second-order valence-electron chi connectivity index (χ2n) is 12.3. The molecule has 10 heteroatoms. The Morgan fingerprint density at radius 3 is 2.34 bits per heavy atom. The zero-order valence-corrected chi connectivity index (χ0v) is 28.1. The summed E-state index contributed by atoms with van der Waals surface area (Å²) < 4.78 is 40.7. The van der Waals surface area contributed by atoms with Crippen molar-refractivity contribution >= 4 is 21.6 Å². The van der Waals surface area contributed by atoms with Gasteiger partial charge in [0.25, 0.3) is 10.0 Å². The number of hydrogen-bond donors (Lipinski definition) is 2. The molecule has 1 heterocycles. The van der Waals surface area contributed by atoms with Crippen LogP contribution in [0.4, 0.5) is 5.69 Å². The number of aliphatic hydroxyl groups excluding tert-OH is 1. The molecule has 1 aliphatic heterocycles. The maximum Gasteiger partial charge on any atom is 0.261 e. The van der Waals surface area contributed by atoms with Crippen molar-refractivity contribution in [3.8, 4) is 22.6 Å². The van der Waals surface area contributed by atoms with E-state index in [9.17, 15) is 18.3 Å². The van der Waals surface area contributed by atoms with Gasteiger partial charge in [-0.05, 0) is 73.1 Å². The minimum atomic E-state index is -3.90. The molecule has 5 rings (SSSR count). The minimum Gasteiger partial charge on any atom is -0.497 e. The Labute approximate surface area is 277 Å². The van der Waals surface area contributed by atoms with E-state index in [0.717, 1.165) is 5.56 Å². The molecule has 0 radical (unpaired) electrons.